The van der Waals surface area contributed by atoms with Crippen LogP contribution in [0.15, 0.2) is 41.6 Å². The molecule has 0 bridgehead atoms. The minimum Gasteiger partial charge on any atom is -0.333 e. The molecule has 2 heterocycles. The molecular weight excluding hydrogens is 413 g/mol. The first-order valence-corrected chi connectivity index (χ1v) is 10.1. The van der Waals surface area contributed by atoms with Gasteiger partial charge in [-0.25, -0.2) is 13.6 Å². The zero-order valence-corrected chi connectivity index (χ0v) is 16.8. The van der Waals surface area contributed by atoms with E-state index in [4.69, 9.17) is 16.7 Å². The fourth-order valence-corrected chi connectivity index (χ4v) is 3.72. The van der Waals surface area contributed by atoms with Crippen LogP contribution in [0.5, 0.6) is 0 Å². The molecule has 1 amide bonds. The first-order chi connectivity index (χ1) is 12.4. The number of primary sulfonamides is 1. The highest BCUT2D eigenvalue weighted by molar-refractivity contribution is 7.89. The Kier molecular flexibility index (Phi) is 7.24. The number of halogens is 2. The largest absolute Gasteiger partial charge is 0.333 e. The van der Waals surface area contributed by atoms with Gasteiger partial charge in [0.1, 0.15) is 4.90 Å². The van der Waals surface area contributed by atoms with Gasteiger partial charge in [0.25, 0.3) is 0 Å². The minimum atomic E-state index is -3.79. The summed E-state index contributed by atoms with van der Waals surface area (Å²) in [6, 6.07) is 7.35. The molecule has 148 valence electrons. The first-order valence-electron chi connectivity index (χ1n) is 8.16. The van der Waals surface area contributed by atoms with Gasteiger partial charge in [0, 0.05) is 43.8 Å². The monoisotopic (exact) mass is 433 g/mol. The van der Waals surface area contributed by atoms with Crippen LogP contribution in [-0.2, 0) is 21.4 Å². The van der Waals surface area contributed by atoms with Crippen LogP contribution in [0.25, 0.3) is 0 Å². The summed E-state index contributed by atoms with van der Waals surface area (Å²) < 4.78 is 24.0. The lowest BCUT2D eigenvalue weighted by atomic mass is 10.0. The van der Waals surface area contributed by atoms with E-state index in [2.05, 4.69) is 10.4 Å². The SMILES string of the molecule is Cl.NS(=O)(=O)c1cnn(CCC(=O)N2CCNCC2c2ccccc2Cl)c1. The molecule has 1 atom stereocenters. The zero-order chi connectivity index (χ0) is 18.7. The second-order valence-corrected chi connectivity index (χ2v) is 8.03. The lowest BCUT2D eigenvalue weighted by Crippen LogP contribution is -2.49. The molecule has 1 aromatic heterocycles. The predicted octanol–water partition coefficient (Wildman–Crippen LogP) is 1.17. The number of hydrogen-bond donors (Lipinski definition) is 2. The second kappa shape index (κ2) is 9.03. The van der Waals surface area contributed by atoms with Crippen LogP contribution in [-0.4, -0.2) is 48.6 Å². The molecule has 27 heavy (non-hydrogen) atoms. The number of piperazine rings is 1. The maximum Gasteiger partial charge on any atom is 0.241 e. The average Bonchev–Trinajstić information content (AvgIpc) is 3.10. The third-order valence-electron chi connectivity index (χ3n) is 4.32. The quantitative estimate of drug-likeness (QED) is 0.734. The molecule has 1 aliphatic heterocycles. The highest BCUT2D eigenvalue weighted by atomic mass is 35.5. The summed E-state index contributed by atoms with van der Waals surface area (Å²) >= 11 is 6.30. The number of benzene rings is 1. The molecule has 3 N–H and O–H groups in total. The molecule has 0 aliphatic carbocycles. The van der Waals surface area contributed by atoms with E-state index in [1.165, 1.54) is 17.1 Å². The number of nitrogens with two attached hydrogens (primary N) is 1. The molecule has 2 aromatic rings. The Morgan fingerprint density at radius 1 is 1.37 bits per heavy atom. The zero-order valence-electron chi connectivity index (χ0n) is 14.4. The molecule has 3 rings (SSSR count). The van der Waals surface area contributed by atoms with Crippen molar-refractivity contribution < 1.29 is 13.2 Å². The number of amides is 1. The maximum atomic E-state index is 12.7. The van der Waals surface area contributed by atoms with Gasteiger partial charge in [-0.3, -0.25) is 9.48 Å². The number of aryl methyl sites for hydroxylation is 1. The van der Waals surface area contributed by atoms with Crippen LogP contribution in [0.1, 0.15) is 18.0 Å². The number of rotatable bonds is 5. The number of carbonyl (C=O) groups excluding carboxylic acids is 1. The Hall–Kier alpha value is -1.65. The van der Waals surface area contributed by atoms with Crippen LogP contribution in [0.2, 0.25) is 5.02 Å². The van der Waals surface area contributed by atoms with Crippen LogP contribution < -0.4 is 10.5 Å². The molecule has 1 saturated heterocycles. The normalized spacial score (nSPS) is 17.4. The van der Waals surface area contributed by atoms with Crippen LogP contribution >= 0.6 is 24.0 Å². The summed E-state index contributed by atoms with van der Waals surface area (Å²) in [7, 11) is -3.79. The first kappa shape index (κ1) is 21.6. The molecule has 1 aliphatic rings. The highest BCUT2D eigenvalue weighted by Gasteiger charge is 2.28. The fourth-order valence-electron chi connectivity index (χ4n) is 2.99. The van der Waals surface area contributed by atoms with Crippen molar-refractivity contribution in [3.05, 3.63) is 47.2 Å². The van der Waals surface area contributed by atoms with E-state index in [1.54, 1.807) is 0 Å². The third kappa shape index (κ3) is 5.20. The number of hydrogen-bond acceptors (Lipinski definition) is 5. The summed E-state index contributed by atoms with van der Waals surface area (Å²) in [6.45, 7) is 2.20. The third-order valence-corrected chi connectivity index (χ3v) is 5.53. The van der Waals surface area contributed by atoms with Gasteiger partial charge in [0.2, 0.25) is 15.9 Å². The summed E-state index contributed by atoms with van der Waals surface area (Å²) in [4.78, 5) is 14.5. The van der Waals surface area contributed by atoms with Gasteiger partial charge in [-0.1, -0.05) is 29.8 Å². The smallest absolute Gasteiger partial charge is 0.241 e. The van der Waals surface area contributed by atoms with E-state index in [0.717, 1.165) is 5.56 Å². The van der Waals surface area contributed by atoms with Gasteiger partial charge >= 0.3 is 0 Å². The Bertz CT molecular complexity index is 903. The molecule has 1 aromatic carbocycles. The number of sulfonamides is 1. The van der Waals surface area contributed by atoms with Crippen molar-refractivity contribution in [2.75, 3.05) is 19.6 Å². The topological polar surface area (TPSA) is 110 Å². The summed E-state index contributed by atoms with van der Waals surface area (Å²) in [5.74, 6) is -0.0379. The van der Waals surface area contributed by atoms with E-state index >= 15 is 0 Å². The van der Waals surface area contributed by atoms with Gasteiger partial charge in [-0.15, -0.1) is 12.4 Å². The fraction of sp³-hybridized carbons (Fsp3) is 0.375. The Balaban J connectivity index is 0.00000261. The van der Waals surface area contributed by atoms with Crippen molar-refractivity contribution in [2.24, 2.45) is 5.14 Å². The van der Waals surface area contributed by atoms with Gasteiger partial charge in [-0.2, -0.15) is 5.10 Å². The summed E-state index contributed by atoms with van der Waals surface area (Å²) in [5.41, 5.74) is 0.908. The van der Waals surface area contributed by atoms with Crippen LogP contribution in [0.3, 0.4) is 0 Å². The predicted molar refractivity (Wildman–Crippen MR) is 104 cm³/mol. The summed E-state index contributed by atoms with van der Waals surface area (Å²) in [5, 5.41) is 12.9. The lowest BCUT2D eigenvalue weighted by molar-refractivity contribution is -0.134. The molecule has 1 fully saturated rings. The van der Waals surface area contributed by atoms with E-state index in [0.29, 0.717) is 24.7 Å². The highest BCUT2D eigenvalue weighted by Crippen LogP contribution is 2.28. The van der Waals surface area contributed by atoms with Crippen molar-refractivity contribution in [1.29, 1.82) is 0 Å². The van der Waals surface area contributed by atoms with E-state index in [9.17, 15) is 13.2 Å². The van der Waals surface area contributed by atoms with Gasteiger partial charge in [0.15, 0.2) is 0 Å². The Morgan fingerprint density at radius 2 is 2.11 bits per heavy atom. The Labute approximate surface area is 169 Å². The van der Waals surface area contributed by atoms with E-state index < -0.39 is 10.0 Å². The van der Waals surface area contributed by atoms with Crippen molar-refractivity contribution >= 4 is 39.9 Å². The molecule has 8 nitrogen and oxygen atoms in total. The lowest BCUT2D eigenvalue weighted by Gasteiger charge is -2.37. The molecular formula is C16H21Cl2N5O3S. The summed E-state index contributed by atoms with van der Waals surface area (Å²) in [6.07, 6.45) is 2.70. The average molecular weight is 434 g/mol. The van der Waals surface area contributed by atoms with Crippen LogP contribution in [0.4, 0.5) is 0 Å². The molecule has 0 saturated carbocycles. The minimum absolute atomic E-state index is 0. The van der Waals surface area contributed by atoms with Gasteiger partial charge in [0.05, 0.1) is 12.2 Å². The van der Waals surface area contributed by atoms with E-state index in [1.807, 2.05) is 29.2 Å². The second-order valence-electron chi connectivity index (χ2n) is 6.06. The van der Waals surface area contributed by atoms with Gasteiger partial charge in [-0.05, 0) is 11.6 Å². The Morgan fingerprint density at radius 3 is 2.78 bits per heavy atom. The number of nitrogens with one attached hydrogen (secondary N) is 1. The maximum absolute atomic E-state index is 12.7. The van der Waals surface area contributed by atoms with Crippen LogP contribution in [0, 0.1) is 0 Å². The van der Waals surface area contributed by atoms with E-state index in [-0.39, 0.29) is 42.2 Å². The van der Waals surface area contributed by atoms with Crippen molar-refractivity contribution in [3.8, 4) is 0 Å². The number of carbonyl (C=O) groups is 1. The van der Waals surface area contributed by atoms with Crippen molar-refractivity contribution in [2.45, 2.75) is 23.9 Å². The molecule has 0 radical (unpaired) electrons. The molecule has 0 spiro atoms. The van der Waals surface area contributed by atoms with Crippen molar-refractivity contribution in [1.82, 2.24) is 20.0 Å². The number of nitrogens with zero attached hydrogens (tertiary/aromatic N) is 3. The number of aromatic nitrogens is 2. The van der Waals surface area contributed by atoms with Crippen molar-refractivity contribution in [3.63, 3.8) is 0 Å². The standard InChI is InChI=1S/C16H20ClN5O3S.ClH/c17-14-4-2-1-3-13(14)15-10-19-6-8-22(15)16(23)5-7-21-11-12(9-20-21)26(18,24)25;/h1-4,9,11,15,19H,5-8,10H2,(H2,18,24,25);1H. The molecule has 1 unspecified atom stereocenters. The van der Waals surface area contributed by atoms with Gasteiger partial charge < -0.3 is 10.2 Å². The molecule has 11 heteroatoms.